The summed E-state index contributed by atoms with van der Waals surface area (Å²) in [7, 11) is 5.05. The van der Waals surface area contributed by atoms with Crippen molar-refractivity contribution in [1.82, 2.24) is 14.7 Å². The quantitative estimate of drug-likeness (QED) is 0.719. The molecule has 0 aromatic carbocycles. The van der Waals surface area contributed by atoms with Crippen molar-refractivity contribution in [2.24, 2.45) is 7.05 Å². The third-order valence-corrected chi connectivity index (χ3v) is 2.36. The van der Waals surface area contributed by atoms with E-state index >= 15 is 0 Å². The molecule has 0 spiro atoms. The van der Waals surface area contributed by atoms with Gasteiger partial charge in [0.15, 0.2) is 0 Å². The van der Waals surface area contributed by atoms with Gasteiger partial charge in [0, 0.05) is 33.9 Å². The van der Waals surface area contributed by atoms with Crippen LogP contribution < -0.4 is 0 Å². The number of ether oxygens (including phenoxy) is 1. The highest BCUT2D eigenvalue weighted by atomic mass is 35.5. The Labute approximate surface area is 99.9 Å². The molecule has 1 atom stereocenters. The maximum atomic E-state index is 11.8. The minimum absolute atomic E-state index is 0.137. The lowest BCUT2D eigenvalue weighted by molar-refractivity contribution is 0.0775. The summed E-state index contributed by atoms with van der Waals surface area (Å²) >= 11 is 5.97. The molecule has 0 saturated carbocycles. The fourth-order valence-electron chi connectivity index (χ4n) is 1.34. The summed E-state index contributed by atoms with van der Waals surface area (Å²) in [6, 6.07) is 1.68. The molecular weight excluding hydrogens is 230 g/mol. The van der Waals surface area contributed by atoms with Gasteiger partial charge in [-0.05, 0) is 6.07 Å². The van der Waals surface area contributed by atoms with Gasteiger partial charge in [0.25, 0.3) is 5.91 Å². The molecule has 90 valence electrons. The second kappa shape index (κ2) is 5.86. The molecule has 0 aliphatic heterocycles. The van der Waals surface area contributed by atoms with Crippen LogP contribution in [0.1, 0.15) is 10.5 Å². The molecule has 1 heterocycles. The minimum Gasteiger partial charge on any atom is -0.383 e. The molecule has 1 aromatic rings. The Bertz CT molecular complexity index is 354. The van der Waals surface area contributed by atoms with Gasteiger partial charge in [-0.1, -0.05) is 0 Å². The summed E-state index contributed by atoms with van der Waals surface area (Å²) in [6.07, 6.45) is 1.73. The van der Waals surface area contributed by atoms with Crippen molar-refractivity contribution in [3.05, 3.63) is 18.0 Å². The molecule has 1 rings (SSSR count). The van der Waals surface area contributed by atoms with Crippen molar-refractivity contribution >= 4 is 17.5 Å². The van der Waals surface area contributed by atoms with Crippen LogP contribution in [0, 0.1) is 0 Å². The number of carbonyl (C=O) groups excluding carboxylic acids is 1. The molecule has 0 fully saturated rings. The molecule has 1 amide bonds. The molecule has 0 aliphatic carbocycles. The summed E-state index contributed by atoms with van der Waals surface area (Å²) in [4.78, 5) is 13.4. The van der Waals surface area contributed by atoms with Gasteiger partial charge < -0.3 is 9.64 Å². The Kier molecular flexibility index (Phi) is 4.76. The molecule has 1 unspecified atom stereocenters. The first kappa shape index (κ1) is 13.0. The Morgan fingerprint density at radius 2 is 2.44 bits per heavy atom. The molecule has 0 bridgehead atoms. The third-order valence-electron chi connectivity index (χ3n) is 2.10. The van der Waals surface area contributed by atoms with Gasteiger partial charge in [-0.15, -0.1) is 11.6 Å². The van der Waals surface area contributed by atoms with Crippen molar-refractivity contribution in [1.29, 1.82) is 0 Å². The average Bonchev–Trinajstić information content (AvgIpc) is 2.64. The van der Waals surface area contributed by atoms with Gasteiger partial charge in [0.2, 0.25) is 0 Å². The number of hydrogen-bond donors (Lipinski definition) is 0. The number of alkyl halides is 1. The number of methoxy groups -OCH3 is 1. The number of hydrogen-bond acceptors (Lipinski definition) is 3. The highest BCUT2D eigenvalue weighted by Gasteiger charge is 2.17. The number of nitrogens with zero attached hydrogens (tertiary/aromatic N) is 3. The van der Waals surface area contributed by atoms with Crippen molar-refractivity contribution in [2.75, 3.05) is 27.3 Å². The Balaban J connectivity index is 2.54. The summed E-state index contributed by atoms with van der Waals surface area (Å²) in [5.41, 5.74) is 0.422. The molecule has 5 nitrogen and oxygen atoms in total. The first-order valence-corrected chi connectivity index (χ1v) is 5.36. The lowest BCUT2D eigenvalue weighted by Gasteiger charge is -2.18. The minimum atomic E-state index is -0.206. The number of amides is 1. The Morgan fingerprint density at radius 1 is 1.75 bits per heavy atom. The van der Waals surface area contributed by atoms with E-state index in [0.29, 0.717) is 18.8 Å². The van der Waals surface area contributed by atoms with Gasteiger partial charge in [0.05, 0.1) is 12.0 Å². The molecule has 0 aliphatic rings. The number of rotatable bonds is 5. The van der Waals surface area contributed by atoms with Gasteiger partial charge in [0.1, 0.15) is 5.69 Å². The predicted octanol–water partition coefficient (Wildman–Crippen LogP) is 0.746. The number of carbonyl (C=O) groups is 1. The zero-order valence-electron chi connectivity index (χ0n) is 9.68. The number of aryl methyl sites for hydroxylation is 1. The van der Waals surface area contributed by atoms with E-state index in [1.165, 1.54) is 0 Å². The normalized spacial score (nSPS) is 12.5. The van der Waals surface area contributed by atoms with Crippen LogP contribution in [0.25, 0.3) is 0 Å². The van der Waals surface area contributed by atoms with E-state index < -0.39 is 0 Å². The fraction of sp³-hybridized carbons (Fsp3) is 0.600. The largest absolute Gasteiger partial charge is 0.383 e. The summed E-state index contributed by atoms with van der Waals surface area (Å²) in [5.74, 6) is -0.137. The summed E-state index contributed by atoms with van der Waals surface area (Å²) < 4.78 is 6.50. The van der Waals surface area contributed by atoms with Gasteiger partial charge >= 0.3 is 0 Å². The van der Waals surface area contributed by atoms with Gasteiger partial charge in [-0.25, -0.2) is 0 Å². The zero-order chi connectivity index (χ0) is 12.1. The average molecular weight is 246 g/mol. The van der Waals surface area contributed by atoms with E-state index in [4.69, 9.17) is 16.3 Å². The van der Waals surface area contributed by atoms with Crippen molar-refractivity contribution in [3.8, 4) is 0 Å². The van der Waals surface area contributed by atoms with E-state index in [-0.39, 0.29) is 11.3 Å². The second-order valence-electron chi connectivity index (χ2n) is 3.61. The Morgan fingerprint density at radius 3 is 2.94 bits per heavy atom. The zero-order valence-corrected chi connectivity index (χ0v) is 10.4. The van der Waals surface area contributed by atoms with E-state index in [0.717, 1.165) is 0 Å². The van der Waals surface area contributed by atoms with E-state index in [9.17, 15) is 4.79 Å². The topological polar surface area (TPSA) is 47.4 Å². The van der Waals surface area contributed by atoms with Gasteiger partial charge in [-0.3, -0.25) is 9.48 Å². The van der Waals surface area contributed by atoms with Crippen molar-refractivity contribution in [3.63, 3.8) is 0 Å². The van der Waals surface area contributed by atoms with Crippen LogP contribution in [-0.2, 0) is 11.8 Å². The standard InChI is InChI=1S/C10H16ClN3O2/c1-13(6-8(11)7-16-3)10(15)9-4-5-14(2)12-9/h4-5,8H,6-7H2,1-3H3. The maximum Gasteiger partial charge on any atom is 0.274 e. The number of halogens is 1. The molecule has 0 radical (unpaired) electrons. The molecule has 16 heavy (non-hydrogen) atoms. The Hall–Kier alpha value is -1.07. The van der Waals surface area contributed by atoms with Crippen LogP contribution >= 0.6 is 11.6 Å². The van der Waals surface area contributed by atoms with Crippen LogP contribution in [0.3, 0.4) is 0 Å². The second-order valence-corrected chi connectivity index (χ2v) is 4.23. The predicted molar refractivity (Wildman–Crippen MR) is 61.7 cm³/mol. The lowest BCUT2D eigenvalue weighted by atomic mass is 10.3. The highest BCUT2D eigenvalue weighted by molar-refractivity contribution is 6.21. The first-order valence-electron chi connectivity index (χ1n) is 4.92. The molecule has 0 saturated heterocycles. The molecule has 0 N–H and O–H groups in total. The fourth-order valence-corrected chi connectivity index (χ4v) is 1.67. The van der Waals surface area contributed by atoms with Crippen LogP contribution in [0.4, 0.5) is 0 Å². The monoisotopic (exact) mass is 245 g/mol. The summed E-state index contributed by atoms with van der Waals surface area (Å²) in [5, 5.41) is 3.83. The first-order chi connectivity index (χ1) is 7.54. The maximum absolute atomic E-state index is 11.8. The lowest BCUT2D eigenvalue weighted by Crippen LogP contribution is -2.34. The van der Waals surface area contributed by atoms with Crippen LogP contribution in [0.15, 0.2) is 12.3 Å². The van der Waals surface area contributed by atoms with Crippen LogP contribution in [0.2, 0.25) is 0 Å². The smallest absolute Gasteiger partial charge is 0.274 e. The van der Waals surface area contributed by atoms with Crippen LogP contribution in [0.5, 0.6) is 0 Å². The van der Waals surface area contributed by atoms with Crippen LogP contribution in [-0.4, -0.2) is 53.3 Å². The van der Waals surface area contributed by atoms with E-state index in [1.54, 1.807) is 43.1 Å². The van der Waals surface area contributed by atoms with E-state index in [1.807, 2.05) is 0 Å². The van der Waals surface area contributed by atoms with Crippen molar-refractivity contribution < 1.29 is 9.53 Å². The molecular formula is C10H16ClN3O2. The third kappa shape index (κ3) is 3.50. The summed E-state index contributed by atoms with van der Waals surface area (Å²) in [6.45, 7) is 0.853. The SMILES string of the molecule is COCC(Cl)CN(C)C(=O)c1ccn(C)n1. The molecule has 1 aromatic heterocycles. The van der Waals surface area contributed by atoms with E-state index in [2.05, 4.69) is 5.10 Å². The highest BCUT2D eigenvalue weighted by Crippen LogP contribution is 2.04. The van der Waals surface area contributed by atoms with Crippen molar-refractivity contribution in [2.45, 2.75) is 5.38 Å². The molecule has 6 heteroatoms. The van der Waals surface area contributed by atoms with Gasteiger partial charge in [-0.2, -0.15) is 5.10 Å². The number of aromatic nitrogens is 2.